The second-order valence-electron chi connectivity index (χ2n) is 12.4. The number of ether oxygens (including phenoxy) is 2. The third kappa shape index (κ3) is 9.82. The smallest absolute Gasteiger partial charge is 0.236 e. The van der Waals surface area contributed by atoms with Crippen LogP contribution in [-0.2, 0) is 30.3 Å². The molecule has 1 aliphatic rings. The van der Waals surface area contributed by atoms with E-state index in [1.165, 1.54) is 11.3 Å². The average Bonchev–Trinajstić information content (AvgIpc) is 3.79. The lowest BCUT2D eigenvalue weighted by Gasteiger charge is -2.41. The van der Waals surface area contributed by atoms with E-state index in [9.17, 15) is 14.4 Å². The zero-order valence-electron chi connectivity index (χ0n) is 28.5. The van der Waals surface area contributed by atoms with Crippen LogP contribution in [0.15, 0.2) is 41.9 Å². The van der Waals surface area contributed by atoms with Gasteiger partial charge in [-0.25, -0.2) is 4.98 Å². The monoisotopic (exact) mass is 657 g/mol. The highest BCUT2D eigenvalue weighted by Gasteiger charge is 2.42. The zero-order chi connectivity index (χ0) is 33.6. The van der Waals surface area contributed by atoms with Crippen LogP contribution in [0.5, 0.6) is 0 Å². The Bertz CT molecular complexity index is 1200. The van der Waals surface area contributed by atoms with Crippen molar-refractivity contribution in [1.82, 2.24) is 20.1 Å². The van der Waals surface area contributed by atoms with Crippen LogP contribution in [0.2, 0.25) is 0 Å². The molecule has 46 heavy (non-hydrogen) atoms. The molecule has 1 saturated heterocycles. The molecule has 2 aromatic rings. The van der Waals surface area contributed by atoms with E-state index in [1.54, 1.807) is 20.4 Å². The second-order valence-corrected chi connectivity index (χ2v) is 13.3. The predicted molar refractivity (Wildman–Crippen MR) is 182 cm³/mol. The second kappa shape index (κ2) is 19.1. The molecule has 3 N–H and O–H groups in total. The Morgan fingerprint density at radius 1 is 1.15 bits per heavy atom. The van der Waals surface area contributed by atoms with Gasteiger partial charge in [-0.05, 0) is 37.2 Å². The van der Waals surface area contributed by atoms with Crippen molar-refractivity contribution in [1.29, 1.82) is 0 Å². The Morgan fingerprint density at radius 3 is 2.48 bits per heavy atom. The Labute approximate surface area is 279 Å². The molecule has 3 amide bonds. The minimum atomic E-state index is -0.514. The largest absolute Gasteiger partial charge is 0.379 e. The molecule has 1 unspecified atom stereocenters. The van der Waals surface area contributed by atoms with Crippen LogP contribution < -0.4 is 11.1 Å². The van der Waals surface area contributed by atoms with Gasteiger partial charge < -0.3 is 30.3 Å². The quantitative estimate of drug-likeness (QED) is 0.226. The molecule has 3 rings (SSSR count). The van der Waals surface area contributed by atoms with Crippen molar-refractivity contribution in [3.8, 4) is 0 Å². The number of thiazole rings is 1. The van der Waals surface area contributed by atoms with E-state index in [4.69, 9.17) is 15.2 Å². The first-order valence-electron chi connectivity index (χ1n) is 16.8. The highest BCUT2D eigenvalue weighted by Crippen LogP contribution is 2.30. The lowest BCUT2D eigenvalue weighted by molar-refractivity contribution is -0.146. The third-order valence-electron chi connectivity index (χ3n) is 9.42. The van der Waals surface area contributed by atoms with Crippen LogP contribution in [-0.4, -0.2) is 90.7 Å². The highest BCUT2D eigenvalue weighted by molar-refractivity contribution is 7.09. The first-order chi connectivity index (χ1) is 22.2. The average molecular weight is 658 g/mol. The van der Waals surface area contributed by atoms with Crippen molar-refractivity contribution in [2.24, 2.45) is 17.6 Å². The van der Waals surface area contributed by atoms with Crippen molar-refractivity contribution in [2.45, 2.75) is 103 Å². The highest BCUT2D eigenvalue weighted by atomic mass is 32.1. The first-order valence-corrected chi connectivity index (χ1v) is 17.7. The number of rotatable bonds is 19. The summed E-state index contributed by atoms with van der Waals surface area (Å²) < 4.78 is 12.0. The van der Waals surface area contributed by atoms with Gasteiger partial charge in [0.05, 0.1) is 49.2 Å². The number of aromatic nitrogens is 1. The summed E-state index contributed by atoms with van der Waals surface area (Å²) in [4.78, 5) is 49.0. The van der Waals surface area contributed by atoms with Gasteiger partial charge in [-0.2, -0.15) is 0 Å². The van der Waals surface area contributed by atoms with Gasteiger partial charge in [0.15, 0.2) is 0 Å². The number of benzene rings is 1. The van der Waals surface area contributed by atoms with E-state index in [-0.39, 0.29) is 54.7 Å². The van der Waals surface area contributed by atoms with Crippen molar-refractivity contribution < 1.29 is 23.9 Å². The standard InChI is InChI=1S/C35H55N5O5S/c1-7-9-18-40(31(42)23-36)32(24(3)8-2)29(44-5)22-30(41)39-19-13-16-28(39)33(45-6)25(4)34(43)38-27(35-37-17-20-46-35)21-26-14-11-10-12-15-26/h10-12,14-15,17,20,24-25,27-29,32-33H,7-9,13,16,18-19,21-23,36H2,1-6H3,(H,38,43)/t24-,25+,27-,28?,29+,32-,33+/m0/s1. The molecular formula is C35H55N5O5S. The van der Waals surface area contributed by atoms with Crippen LogP contribution in [0.25, 0.3) is 0 Å². The van der Waals surface area contributed by atoms with E-state index in [2.05, 4.69) is 31.1 Å². The molecule has 7 atom stereocenters. The van der Waals surface area contributed by atoms with Crippen LogP contribution in [0.4, 0.5) is 0 Å². The van der Waals surface area contributed by atoms with Gasteiger partial charge in [-0.15, -0.1) is 11.3 Å². The van der Waals surface area contributed by atoms with Crippen LogP contribution in [0.3, 0.4) is 0 Å². The van der Waals surface area contributed by atoms with Crippen molar-refractivity contribution in [3.63, 3.8) is 0 Å². The summed E-state index contributed by atoms with van der Waals surface area (Å²) in [6.07, 6.45) is 5.69. The lowest BCUT2D eigenvalue weighted by atomic mass is 9.89. The summed E-state index contributed by atoms with van der Waals surface area (Å²) >= 11 is 1.52. The third-order valence-corrected chi connectivity index (χ3v) is 10.3. The summed E-state index contributed by atoms with van der Waals surface area (Å²) in [7, 11) is 3.22. The van der Waals surface area contributed by atoms with Crippen molar-refractivity contribution in [3.05, 3.63) is 52.5 Å². The van der Waals surface area contributed by atoms with E-state index < -0.39 is 18.1 Å². The number of nitrogens with zero attached hydrogens (tertiary/aromatic N) is 3. The lowest BCUT2D eigenvalue weighted by Crippen LogP contribution is -2.55. The molecular weight excluding hydrogens is 602 g/mol. The minimum absolute atomic E-state index is 0.0577. The zero-order valence-corrected chi connectivity index (χ0v) is 29.3. The molecule has 0 aliphatic carbocycles. The van der Waals surface area contributed by atoms with E-state index in [0.717, 1.165) is 42.7 Å². The molecule has 0 saturated carbocycles. The van der Waals surface area contributed by atoms with Gasteiger partial charge in [0.2, 0.25) is 17.7 Å². The van der Waals surface area contributed by atoms with Gasteiger partial charge in [0.1, 0.15) is 5.01 Å². The molecule has 2 heterocycles. The van der Waals surface area contributed by atoms with Crippen LogP contribution >= 0.6 is 11.3 Å². The molecule has 1 fully saturated rings. The summed E-state index contributed by atoms with van der Waals surface area (Å²) in [5.41, 5.74) is 6.93. The van der Waals surface area contributed by atoms with E-state index in [0.29, 0.717) is 19.5 Å². The van der Waals surface area contributed by atoms with Gasteiger partial charge in [0, 0.05) is 38.9 Å². The SMILES string of the molecule is CCCCN(C(=O)CN)[C@@H]([C@@H](C)CC)[C@@H](CC(=O)N1CCCC1[C@H](OC)[C@@H](C)C(=O)N[C@@H](Cc1ccccc1)c1nccs1)OC. The fourth-order valence-corrected chi connectivity index (χ4v) is 7.37. The van der Waals surface area contributed by atoms with Crippen molar-refractivity contribution in [2.75, 3.05) is 33.9 Å². The van der Waals surface area contributed by atoms with E-state index in [1.807, 2.05) is 52.4 Å². The first kappa shape index (κ1) is 37.6. The molecule has 0 spiro atoms. The molecule has 0 radical (unpaired) electrons. The normalized spacial score (nSPS) is 18.8. The Hall–Kier alpha value is -2.86. The summed E-state index contributed by atoms with van der Waals surface area (Å²) in [5, 5.41) is 5.99. The summed E-state index contributed by atoms with van der Waals surface area (Å²) in [6.45, 7) is 9.21. The molecule has 10 nitrogen and oxygen atoms in total. The van der Waals surface area contributed by atoms with Crippen LogP contribution in [0, 0.1) is 11.8 Å². The number of amides is 3. The molecule has 1 aliphatic heterocycles. The van der Waals surface area contributed by atoms with Gasteiger partial charge >= 0.3 is 0 Å². The topological polar surface area (TPSA) is 127 Å². The maximum atomic E-state index is 14.0. The van der Waals surface area contributed by atoms with Crippen LogP contribution in [0.1, 0.15) is 82.8 Å². The number of hydrogen-bond acceptors (Lipinski definition) is 8. The number of hydrogen-bond donors (Lipinski definition) is 2. The number of carbonyl (C=O) groups is 3. The number of nitrogens with two attached hydrogens (primary N) is 1. The van der Waals surface area contributed by atoms with Crippen molar-refractivity contribution >= 4 is 29.1 Å². The fraction of sp³-hybridized carbons (Fsp3) is 0.657. The number of carbonyl (C=O) groups excluding carboxylic acids is 3. The number of methoxy groups -OCH3 is 2. The maximum absolute atomic E-state index is 14.0. The summed E-state index contributed by atoms with van der Waals surface area (Å²) in [5.74, 6) is -0.732. The molecule has 11 heteroatoms. The van der Waals surface area contributed by atoms with Gasteiger partial charge in [-0.1, -0.05) is 70.9 Å². The number of nitrogens with one attached hydrogen (secondary N) is 1. The molecule has 256 valence electrons. The molecule has 1 aromatic heterocycles. The Morgan fingerprint density at radius 2 is 1.89 bits per heavy atom. The Balaban J connectivity index is 1.77. The number of likely N-dealkylation sites (tertiary alicyclic amines) is 1. The Kier molecular flexibility index (Phi) is 15.6. The maximum Gasteiger partial charge on any atom is 0.236 e. The molecule has 1 aromatic carbocycles. The van der Waals surface area contributed by atoms with Gasteiger partial charge in [-0.3, -0.25) is 14.4 Å². The summed E-state index contributed by atoms with van der Waals surface area (Å²) in [6, 6.07) is 9.23. The predicted octanol–water partition coefficient (Wildman–Crippen LogP) is 4.59. The minimum Gasteiger partial charge on any atom is -0.379 e. The van der Waals surface area contributed by atoms with E-state index >= 15 is 0 Å². The fourth-order valence-electron chi connectivity index (χ4n) is 6.68. The molecule has 0 bridgehead atoms. The number of unbranched alkanes of at least 4 members (excludes halogenated alkanes) is 1. The van der Waals surface area contributed by atoms with Gasteiger partial charge in [0.25, 0.3) is 0 Å².